The summed E-state index contributed by atoms with van der Waals surface area (Å²) in [6.45, 7) is 3.99. The summed E-state index contributed by atoms with van der Waals surface area (Å²) < 4.78 is 6.31. The Kier molecular flexibility index (Phi) is 4.93. The Morgan fingerprint density at radius 1 is 1.27 bits per heavy atom. The summed E-state index contributed by atoms with van der Waals surface area (Å²) in [5, 5.41) is 6.99. The van der Waals surface area contributed by atoms with Gasteiger partial charge in [0, 0.05) is 18.2 Å². The predicted molar refractivity (Wildman–Crippen MR) is 83.9 cm³/mol. The van der Waals surface area contributed by atoms with E-state index in [1.54, 1.807) is 20.1 Å². The standard InChI is InChI=1S/C16H19N3O3/c1-4-17-16(21)11(2)19-15(20)10-9-14(18-19)12-5-7-13(22-3)8-6-12/h5-11H,4H2,1-3H3,(H,17,21). The Morgan fingerprint density at radius 3 is 2.55 bits per heavy atom. The number of methoxy groups -OCH3 is 1. The Labute approximate surface area is 128 Å². The lowest BCUT2D eigenvalue weighted by atomic mass is 10.1. The number of nitrogens with one attached hydrogen (secondary N) is 1. The molecule has 2 aromatic rings. The van der Waals surface area contributed by atoms with Crippen LogP contribution in [0.5, 0.6) is 5.75 Å². The summed E-state index contributed by atoms with van der Waals surface area (Å²) in [5.41, 5.74) is 1.16. The monoisotopic (exact) mass is 301 g/mol. The number of nitrogens with zero attached hydrogens (tertiary/aromatic N) is 2. The zero-order chi connectivity index (χ0) is 16.1. The van der Waals surface area contributed by atoms with E-state index >= 15 is 0 Å². The van der Waals surface area contributed by atoms with E-state index in [9.17, 15) is 9.59 Å². The van der Waals surface area contributed by atoms with Crippen molar-refractivity contribution >= 4 is 5.91 Å². The van der Waals surface area contributed by atoms with Gasteiger partial charge in [0.05, 0.1) is 12.8 Å². The lowest BCUT2D eigenvalue weighted by Gasteiger charge is -2.14. The third kappa shape index (κ3) is 3.33. The van der Waals surface area contributed by atoms with E-state index in [1.807, 2.05) is 31.2 Å². The van der Waals surface area contributed by atoms with Crippen LogP contribution in [0.25, 0.3) is 11.3 Å². The van der Waals surface area contributed by atoms with Crippen molar-refractivity contribution in [2.75, 3.05) is 13.7 Å². The number of benzene rings is 1. The fraction of sp³-hybridized carbons (Fsp3) is 0.312. The van der Waals surface area contributed by atoms with Crippen LogP contribution in [0.1, 0.15) is 19.9 Å². The van der Waals surface area contributed by atoms with Crippen LogP contribution in [0, 0.1) is 0 Å². The molecule has 0 saturated heterocycles. The van der Waals surface area contributed by atoms with Gasteiger partial charge >= 0.3 is 0 Å². The minimum Gasteiger partial charge on any atom is -0.497 e. The highest BCUT2D eigenvalue weighted by atomic mass is 16.5. The maximum Gasteiger partial charge on any atom is 0.267 e. The minimum atomic E-state index is -0.661. The highest BCUT2D eigenvalue weighted by Gasteiger charge is 2.17. The first-order valence-electron chi connectivity index (χ1n) is 7.08. The lowest BCUT2D eigenvalue weighted by Crippen LogP contribution is -2.36. The summed E-state index contributed by atoms with van der Waals surface area (Å²) in [6, 6.07) is 9.75. The second-order valence-corrected chi connectivity index (χ2v) is 4.80. The first-order valence-corrected chi connectivity index (χ1v) is 7.08. The quantitative estimate of drug-likeness (QED) is 0.910. The van der Waals surface area contributed by atoms with Gasteiger partial charge in [0.1, 0.15) is 11.8 Å². The van der Waals surface area contributed by atoms with Gasteiger partial charge in [-0.05, 0) is 44.2 Å². The van der Waals surface area contributed by atoms with E-state index in [2.05, 4.69) is 10.4 Å². The average Bonchev–Trinajstić information content (AvgIpc) is 2.55. The molecule has 6 nitrogen and oxygen atoms in total. The molecule has 0 aliphatic heterocycles. The smallest absolute Gasteiger partial charge is 0.267 e. The van der Waals surface area contributed by atoms with Crippen LogP contribution >= 0.6 is 0 Å². The molecule has 1 aromatic carbocycles. The summed E-state index contributed by atoms with van der Waals surface area (Å²) >= 11 is 0. The third-order valence-electron chi connectivity index (χ3n) is 3.31. The van der Waals surface area contributed by atoms with E-state index in [1.165, 1.54) is 10.7 Å². The van der Waals surface area contributed by atoms with Crippen LogP contribution < -0.4 is 15.6 Å². The van der Waals surface area contributed by atoms with Gasteiger partial charge in [0.15, 0.2) is 0 Å². The highest BCUT2D eigenvalue weighted by Crippen LogP contribution is 2.20. The molecule has 0 saturated carbocycles. The molecule has 22 heavy (non-hydrogen) atoms. The number of carbonyl (C=O) groups excluding carboxylic acids is 1. The third-order valence-corrected chi connectivity index (χ3v) is 3.31. The number of rotatable bonds is 5. The van der Waals surface area contributed by atoms with Crippen molar-refractivity contribution in [1.29, 1.82) is 0 Å². The molecule has 1 atom stereocenters. The van der Waals surface area contributed by atoms with Crippen molar-refractivity contribution in [3.05, 3.63) is 46.8 Å². The molecule has 1 unspecified atom stereocenters. The maximum atomic E-state index is 12.0. The number of ether oxygens (including phenoxy) is 1. The molecule has 2 rings (SSSR count). The van der Waals surface area contributed by atoms with Crippen molar-refractivity contribution in [2.24, 2.45) is 0 Å². The van der Waals surface area contributed by atoms with E-state index in [0.717, 1.165) is 11.3 Å². The van der Waals surface area contributed by atoms with Gasteiger partial charge < -0.3 is 10.1 Å². The van der Waals surface area contributed by atoms with Gasteiger partial charge in [0.2, 0.25) is 5.91 Å². The van der Waals surface area contributed by atoms with Gasteiger partial charge in [-0.15, -0.1) is 0 Å². The molecule has 0 radical (unpaired) electrons. The summed E-state index contributed by atoms with van der Waals surface area (Å²) in [7, 11) is 1.60. The molecular formula is C16H19N3O3. The fourth-order valence-electron chi connectivity index (χ4n) is 2.05. The Morgan fingerprint density at radius 2 is 1.95 bits per heavy atom. The summed E-state index contributed by atoms with van der Waals surface area (Å²) in [4.78, 5) is 23.9. The summed E-state index contributed by atoms with van der Waals surface area (Å²) in [6.07, 6.45) is 0. The van der Waals surface area contributed by atoms with Crippen LogP contribution in [-0.4, -0.2) is 29.3 Å². The van der Waals surface area contributed by atoms with Crippen molar-refractivity contribution in [1.82, 2.24) is 15.1 Å². The van der Waals surface area contributed by atoms with Gasteiger partial charge in [-0.1, -0.05) is 0 Å². The predicted octanol–water partition coefficient (Wildman–Crippen LogP) is 1.62. The van der Waals surface area contributed by atoms with E-state index in [0.29, 0.717) is 12.2 Å². The molecular weight excluding hydrogens is 282 g/mol. The number of likely N-dealkylation sites (N-methyl/N-ethyl adjacent to an activating group) is 1. The number of aromatic nitrogens is 2. The van der Waals surface area contributed by atoms with Gasteiger partial charge in [-0.2, -0.15) is 5.10 Å². The van der Waals surface area contributed by atoms with Crippen molar-refractivity contribution in [3.8, 4) is 17.0 Å². The molecule has 6 heteroatoms. The molecule has 0 spiro atoms. The van der Waals surface area contributed by atoms with E-state index < -0.39 is 6.04 Å². The lowest BCUT2D eigenvalue weighted by molar-refractivity contribution is -0.124. The molecule has 0 aliphatic carbocycles. The average molecular weight is 301 g/mol. The Hall–Kier alpha value is -2.63. The number of carbonyl (C=O) groups is 1. The Balaban J connectivity index is 2.37. The van der Waals surface area contributed by atoms with Crippen LogP contribution in [0.3, 0.4) is 0 Å². The van der Waals surface area contributed by atoms with Crippen LogP contribution in [-0.2, 0) is 4.79 Å². The molecule has 0 fully saturated rings. The molecule has 1 amide bonds. The SMILES string of the molecule is CCNC(=O)C(C)n1nc(-c2ccc(OC)cc2)ccc1=O. The number of hydrogen-bond donors (Lipinski definition) is 1. The van der Waals surface area contributed by atoms with Crippen LogP contribution in [0.2, 0.25) is 0 Å². The van der Waals surface area contributed by atoms with Gasteiger partial charge in [-0.25, -0.2) is 4.68 Å². The normalized spacial score (nSPS) is 11.8. The highest BCUT2D eigenvalue weighted by molar-refractivity contribution is 5.79. The first-order chi connectivity index (χ1) is 10.6. The minimum absolute atomic E-state index is 0.232. The molecule has 1 N–H and O–H groups in total. The first kappa shape index (κ1) is 15.8. The Bertz CT molecular complexity index is 707. The molecule has 1 heterocycles. The fourth-order valence-corrected chi connectivity index (χ4v) is 2.05. The van der Waals surface area contributed by atoms with Crippen LogP contribution in [0.4, 0.5) is 0 Å². The zero-order valence-corrected chi connectivity index (χ0v) is 12.9. The second-order valence-electron chi connectivity index (χ2n) is 4.80. The van der Waals surface area contributed by atoms with Gasteiger partial charge in [0.25, 0.3) is 5.56 Å². The topological polar surface area (TPSA) is 73.2 Å². The van der Waals surface area contributed by atoms with E-state index in [-0.39, 0.29) is 11.5 Å². The molecule has 0 aliphatic rings. The largest absolute Gasteiger partial charge is 0.497 e. The van der Waals surface area contributed by atoms with Gasteiger partial charge in [-0.3, -0.25) is 9.59 Å². The zero-order valence-electron chi connectivity index (χ0n) is 12.9. The second kappa shape index (κ2) is 6.89. The van der Waals surface area contributed by atoms with Crippen molar-refractivity contribution < 1.29 is 9.53 Å². The van der Waals surface area contributed by atoms with Crippen LogP contribution in [0.15, 0.2) is 41.2 Å². The van der Waals surface area contributed by atoms with E-state index in [4.69, 9.17) is 4.74 Å². The summed E-state index contributed by atoms with van der Waals surface area (Å²) in [5.74, 6) is 0.511. The number of amides is 1. The maximum absolute atomic E-state index is 12.0. The van der Waals surface area contributed by atoms with Crippen molar-refractivity contribution in [2.45, 2.75) is 19.9 Å². The number of hydrogen-bond acceptors (Lipinski definition) is 4. The molecule has 116 valence electrons. The molecule has 1 aromatic heterocycles. The molecule has 0 bridgehead atoms. The van der Waals surface area contributed by atoms with Crippen molar-refractivity contribution in [3.63, 3.8) is 0 Å².